The van der Waals surface area contributed by atoms with Crippen LogP contribution in [-0.4, -0.2) is 24.9 Å². The van der Waals surface area contributed by atoms with Crippen molar-refractivity contribution < 1.29 is 0 Å². The summed E-state index contributed by atoms with van der Waals surface area (Å²) in [5.74, 6) is 0.636. The molecular formula is C14H22ClN. The third-order valence-electron chi connectivity index (χ3n) is 3.53. The smallest absolute Gasteiger partial charge is 0.0483 e. The first kappa shape index (κ1) is 13.5. The van der Waals surface area contributed by atoms with Gasteiger partial charge in [-0.25, -0.2) is 0 Å². The lowest BCUT2D eigenvalue weighted by molar-refractivity contribution is 0.322. The van der Waals surface area contributed by atoms with Crippen LogP contribution in [0, 0.1) is 27.7 Å². The molecule has 1 unspecified atom stereocenters. The minimum absolute atomic E-state index is 0.306. The number of aryl methyl sites for hydroxylation is 2. The quantitative estimate of drug-likeness (QED) is 0.726. The molecule has 0 aliphatic heterocycles. The normalized spacial score (nSPS) is 13.2. The number of benzene rings is 1. The predicted octanol–water partition coefficient (Wildman–Crippen LogP) is 3.76. The van der Waals surface area contributed by atoms with Gasteiger partial charge in [0.2, 0.25) is 0 Å². The molecule has 0 radical (unpaired) electrons. The fourth-order valence-electron chi connectivity index (χ4n) is 2.22. The number of halogens is 1. The molecule has 1 aromatic carbocycles. The van der Waals surface area contributed by atoms with Gasteiger partial charge in [-0.1, -0.05) is 6.07 Å². The molecule has 0 bridgehead atoms. The lowest BCUT2D eigenvalue weighted by Crippen LogP contribution is -2.23. The van der Waals surface area contributed by atoms with E-state index in [1.165, 1.54) is 27.8 Å². The summed E-state index contributed by atoms with van der Waals surface area (Å²) in [7, 11) is 4.17. The average molecular weight is 240 g/mol. The van der Waals surface area contributed by atoms with Gasteiger partial charge in [-0.05, 0) is 69.6 Å². The zero-order valence-corrected chi connectivity index (χ0v) is 11.9. The molecule has 0 saturated carbocycles. The van der Waals surface area contributed by atoms with Crippen LogP contribution in [0.15, 0.2) is 6.07 Å². The molecule has 1 aromatic rings. The van der Waals surface area contributed by atoms with E-state index in [1.807, 2.05) is 0 Å². The molecule has 90 valence electrons. The second kappa shape index (κ2) is 5.20. The number of rotatable bonds is 3. The van der Waals surface area contributed by atoms with Gasteiger partial charge in [0.05, 0.1) is 0 Å². The first-order valence-electron chi connectivity index (χ1n) is 5.69. The van der Waals surface area contributed by atoms with Gasteiger partial charge in [0, 0.05) is 11.9 Å². The molecule has 0 heterocycles. The van der Waals surface area contributed by atoms with Gasteiger partial charge in [-0.2, -0.15) is 0 Å². The Morgan fingerprint density at radius 1 is 1.06 bits per heavy atom. The highest BCUT2D eigenvalue weighted by Gasteiger charge is 2.19. The minimum Gasteiger partial charge on any atom is -0.301 e. The van der Waals surface area contributed by atoms with E-state index in [1.54, 1.807) is 0 Å². The van der Waals surface area contributed by atoms with Crippen LogP contribution in [0.3, 0.4) is 0 Å². The van der Waals surface area contributed by atoms with E-state index >= 15 is 0 Å². The molecule has 0 spiro atoms. The van der Waals surface area contributed by atoms with Crippen LogP contribution in [0.1, 0.15) is 33.9 Å². The number of hydrogen-bond donors (Lipinski definition) is 0. The Balaban J connectivity index is 3.41. The summed E-state index contributed by atoms with van der Waals surface area (Å²) in [6.45, 7) is 8.73. The summed E-state index contributed by atoms with van der Waals surface area (Å²) in [5, 5.41) is 0. The molecule has 0 fully saturated rings. The largest absolute Gasteiger partial charge is 0.301 e. The molecule has 0 aromatic heterocycles. The fraction of sp³-hybridized carbons (Fsp3) is 0.571. The Morgan fingerprint density at radius 2 is 1.50 bits per heavy atom. The summed E-state index contributed by atoms with van der Waals surface area (Å²) in [5.41, 5.74) is 6.87. The molecule has 1 nitrogen and oxygen atoms in total. The van der Waals surface area contributed by atoms with Crippen molar-refractivity contribution in [1.29, 1.82) is 0 Å². The molecule has 1 atom stereocenters. The Morgan fingerprint density at radius 3 is 1.81 bits per heavy atom. The van der Waals surface area contributed by atoms with Crippen molar-refractivity contribution in [3.63, 3.8) is 0 Å². The Bertz CT molecular complexity index is 357. The Labute approximate surface area is 104 Å². The topological polar surface area (TPSA) is 3.24 Å². The Hall–Kier alpha value is -0.530. The van der Waals surface area contributed by atoms with Crippen molar-refractivity contribution >= 4 is 11.6 Å². The van der Waals surface area contributed by atoms with Crippen LogP contribution in [-0.2, 0) is 0 Å². The van der Waals surface area contributed by atoms with E-state index in [-0.39, 0.29) is 0 Å². The highest BCUT2D eigenvalue weighted by molar-refractivity contribution is 6.18. The van der Waals surface area contributed by atoms with Crippen molar-refractivity contribution in [2.24, 2.45) is 0 Å². The SMILES string of the molecule is Cc1cc(C)c(C)c(C(CCl)N(C)C)c1C. The summed E-state index contributed by atoms with van der Waals surface area (Å²) < 4.78 is 0. The predicted molar refractivity (Wildman–Crippen MR) is 72.5 cm³/mol. The van der Waals surface area contributed by atoms with E-state index in [0.29, 0.717) is 11.9 Å². The average Bonchev–Trinajstić information content (AvgIpc) is 2.21. The monoisotopic (exact) mass is 239 g/mol. The van der Waals surface area contributed by atoms with Crippen LogP contribution >= 0.6 is 11.6 Å². The maximum Gasteiger partial charge on any atom is 0.0483 e. The van der Waals surface area contributed by atoms with E-state index < -0.39 is 0 Å². The van der Waals surface area contributed by atoms with E-state index in [4.69, 9.17) is 11.6 Å². The first-order chi connectivity index (χ1) is 7.40. The van der Waals surface area contributed by atoms with Gasteiger partial charge in [0.1, 0.15) is 0 Å². The molecular weight excluding hydrogens is 218 g/mol. The number of hydrogen-bond acceptors (Lipinski definition) is 1. The van der Waals surface area contributed by atoms with Gasteiger partial charge in [0.15, 0.2) is 0 Å². The van der Waals surface area contributed by atoms with Gasteiger partial charge in [-0.15, -0.1) is 11.6 Å². The third-order valence-corrected chi connectivity index (χ3v) is 3.82. The van der Waals surface area contributed by atoms with Crippen molar-refractivity contribution in [3.05, 3.63) is 33.9 Å². The maximum absolute atomic E-state index is 6.10. The first-order valence-corrected chi connectivity index (χ1v) is 6.23. The van der Waals surface area contributed by atoms with Crippen LogP contribution in [0.4, 0.5) is 0 Å². The molecule has 2 heteroatoms. The van der Waals surface area contributed by atoms with E-state index in [2.05, 4.69) is 52.8 Å². The summed E-state index contributed by atoms with van der Waals surface area (Å²) in [4.78, 5) is 2.20. The fourth-order valence-corrected chi connectivity index (χ4v) is 2.65. The molecule has 0 aliphatic rings. The zero-order valence-electron chi connectivity index (χ0n) is 11.2. The second-order valence-electron chi connectivity index (χ2n) is 4.81. The van der Waals surface area contributed by atoms with Gasteiger partial charge in [-0.3, -0.25) is 0 Å². The molecule has 16 heavy (non-hydrogen) atoms. The lowest BCUT2D eigenvalue weighted by atomic mass is 9.90. The van der Waals surface area contributed by atoms with Crippen LogP contribution in [0.2, 0.25) is 0 Å². The summed E-state index contributed by atoms with van der Waals surface area (Å²) in [6.07, 6.45) is 0. The highest BCUT2D eigenvalue weighted by atomic mass is 35.5. The number of alkyl halides is 1. The molecule has 0 saturated heterocycles. The lowest BCUT2D eigenvalue weighted by Gasteiger charge is -2.27. The molecule has 0 aliphatic carbocycles. The van der Waals surface area contributed by atoms with Gasteiger partial charge >= 0.3 is 0 Å². The third kappa shape index (κ3) is 2.41. The van der Waals surface area contributed by atoms with Crippen LogP contribution in [0.5, 0.6) is 0 Å². The van der Waals surface area contributed by atoms with Crippen molar-refractivity contribution in [3.8, 4) is 0 Å². The van der Waals surface area contributed by atoms with Crippen molar-refractivity contribution in [2.45, 2.75) is 33.7 Å². The minimum atomic E-state index is 0.306. The van der Waals surface area contributed by atoms with E-state index in [9.17, 15) is 0 Å². The van der Waals surface area contributed by atoms with E-state index in [0.717, 1.165) is 0 Å². The second-order valence-corrected chi connectivity index (χ2v) is 5.12. The number of nitrogens with zero attached hydrogens (tertiary/aromatic N) is 1. The van der Waals surface area contributed by atoms with Gasteiger partial charge in [0.25, 0.3) is 0 Å². The maximum atomic E-state index is 6.10. The molecule has 0 N–H and O–H groups in total. The zero-order chi connectivity index (χ0) is 12.5. The Kier molecular flexibility index (Phi) is 4.40. The van der Waals surface area contributed by atoms with Crippen molar-refractivity contribution in [2.75, 3.05) is 20.0 Å². The highest BCUT2D eigenvalue weighted by Crippen LogP contribution is 2.30. The summed E-state index contributed by atoms with van der Waals surface area (Å²) >= 11 is 6.10. The molecule has 1 rings (SSSR count). The van der Waals surface area contributed by atoms with Crippen molar-refractivity contribution in [1.82, 2.24) is 4.90 Å². The summed E-state index contributed by atoms with van der Waals surface area (Å²) in [6, 6.07) is 2.56. The van der Waals surface area contributed by atoms with Gasteiger partial charge < -0.3 is 4.90 Å². The molecule has 0 amide bonds. The standard InChI is InChI=1S/C14H22ClN/c1-9-7-10(2)12(4)14(11(9)3)13(8-15)16(5)6/h7,13H,8H2,1-6H3. The van der Waals surface area contributed by atoms with Crippen LogP contribution < -0.4 is 0 Å². The van der Waals surface area contributed by atoms with Crippen LogP contribution in [0.25, 0.3) is 0 Å².